The maximum Gasteiger partial charge on any atom is 0.390 e. The highest BCUT2D eigenvalue weighted by Crippen LogP contribution is 2.26. The summed E-state index contributed by atoms with van der Waals surface area (Å²) in [6, 6.07) is -1.91. The average molecular weight is 296 g/mol. The number of nitrogens with one attached hydrogen (secondary N) is 2. The largest absolute Gasteiger partial charge is 0.480 e. The number of carboxylic acid groups (broad SMARTS) is 1. The molecule has 116 valence electrons. The van der Waals surface area contributed by atoms with Crippen LogP contribution in [-0.4, -0.2) is 35.9 Å². The minimum atomic E-state index is -4.34. The van der Waals surface area contributed by atoms with Crippen molar-refractivity contribution in [1.82, 2.24) is 10.6 Å². The van der Waals surface area contributed by atoms with Crippen LogP contribution < -0.4 is 10.6 Å². The molecule has 1 saturated carbocycles. The van der Waals surface area contributed by atoms with E-state index in [4.69, 9.17) is 5.11 Å². The fraction of sp³-hybridized carbons (Fsp3) is 0.833. The van der Waals surface area contributed by atoms with Gasteiger partial charge in [0, 0.05) is 6.54 Å². The van der Waals surface area contributed by atoms with Crippen LogP contribution in [0.4, 0.5) is 18.0 Å². The second kappa shape index (κ2) is 7.35. The molecule has 1 aliphatic rings. The Bertz CT molecular complexity index is 341. The number of hydrogen-bond acceptors (Lipinski definition) is 2. The summed E-state index contributed by atoms with van der Waals surface area (Å²) in [5.74, 6) is -1.31. The van der Waals surface area contributed by atoms with Crippen molar-refractivity contribution >= 4 is 12.0 Å². The average Bonchev–Trinajstić information content (AvgIpc) is 2.35. The van der Waals surface area contributed by atoms with Gasteiger partial charge < -0.3 is 15.7 Å². The third kappa shape index (κ3) is 6.12. The van der Waals surface area contributed by atoms with Gasteiger partial charge in [-0.1, -0.05) is 19.3 Å². The predicted molar refractivity (Wildman–Crippen MR) is 65.2 cm³/mol. The highest BCUT2D eigenvalue weighted by atomic mass is 19.4. The highest BCUT2D eigenvalue weighted by Gasteiger charge is 2.31. The second-order valence-corrected chi connectivity index (χ2v) is 4.98. The number of aliphatic carboxylic acids is 1. The fourth-order valence-corrected chi connectivity index (χ4v) is 2.36. The Labute approximate surface area is 114 Å². The van der Waals surface area contributed by atoms with E-state index in [-0.39, 0.29) is 5.92 Å². The summed E-state index contributed by atoms with van der Waals surface area (Å²) in [7, 11) is 0. The first-order valence-corrected chi connectivity index (χ1v) is 6.63. The van der Waals surface area contributed by atoms with Crippen LogP contribution in [0.3, 0.4) is 0 Å². The van der Waals surface area contributed by atoms with Crippen molar-refractivity contribution in [2.75, 3.05) is 6.54 Å². The second-order valence-electron chi connectivity index (χ2n) is 4.98. The first-order chi connectivity index (χ1) is 9.29. The van der Waals surface area contributed by atoms with Crippen molar-refractivity contribution in [3.63, 3.8) is 0 Å². The van der Waals surface area contributed by atoms with Gasteiger partial charge in [-0.05, 0) is 18.8 Å². The minimum Gasteiger partial charge on any atom is -0.480 e. The van der Waals surface area contributed by atoms with Crippen LogP contribution in [0.25, 0.3) is 0 Å². The van der Waals surface area contributed by atoms with Gasteiger partial charge in [-0.2, -0.15) is 13.2 Å². The number of carbonyl (C=O) groups is 2. The highest BCUT2D eigenvalue weighted by molar-refractivity contribution is 5.82. The van der Waals surface area contributed by atoms with Gasteiger partial charge in [-0.3, -0.25) is 0 Å². The molecule has 8 heteroatoms. The molecule has 1 fully saturated rings. The van der Waals surface area contributed by atoms with Gasteiger partial charge in [0.25, 0.3) is 0 Å². The lowest BCUT2D eigenvalue weighted by atomic mass is 9.84. The molecule has 2 amide bonds. The van der Waals surface area contributed by atoms with Crippen molar-refractivity contribution in [2.24, 2.45) is 5.92 Å². The molecule has 0 radical (unpaired) electrons. The van der Waals surface area contributed by atoms with Crippen LogP contribution >= 0.6 is 0 Å². The lowest BCUT2D eigenvalue weighted by Crippen LogP contribution is -2.50. The van der Waals surface area contributed by atoms with E-state index in [9.17, 15) is 22.8 Å². The SMILES string of the molecule is O=C(NCCC(F)(F)F)NC(C(=O)O)C1CCCCC1. The van der Waals surface area contributed by atoms with Crippen molar-refractivity contribution in [3.8, 4) is 0 Å². The zero-order valence-corrected chi connectivity index (χ0v) is 11.0. The van der Waals surface area contributed by atoms with E-state index in [1.54, 1.807) is 0 Å². The number of carbonyl (C=O) groups excluding carboxylic acids is 1. The molecule has 0 heterocycles. The number of halogens is 3. The summed E-state index contributed by atoms with van der Waals surface area (Å²) in [6.07, 6.45) is -1.21. The smallest absolute Gasteiger partial charge is 0.390 e. The van der Waals surface area contributed by atoms with Crippen LogP contribution in [0.1, 0.15) is 38.5 Å². The molecule has 0 aromatic carbocycles. The third-order valence-electron chi connectivity index (χ3n) is 3.37. The van der Waals surface area contributed by atoms with Crippen molar-refractivity contribution in [1.29, 1.82) is 0 Å². The van der Waals surface area contributed by atoms with Crippen LogP contribution in [0, 0.1) is 5.92 Å². The quantitative estimate of drug-likeness (QED) is 0.728. The van der Waals surface area contributed by atoms with E-state index in [0.29, 0.717) is 12.8 Å². The van der Waals surface area contributed by atoms with Crippen LogP contribution in [0.5, 0.6) is 0 Å². The number of carboxylic acids is 1. The van der Waals surface area contributed by atoms with Crippen molar-refractivity contribution in [3.05, 3.63) is 0 Å². The molecule has 1 rings (SSSR count). The molecule has 0 aliphatic heterocycles. The zero-order valence-electron chi connectivity index (χ0n) is 11.0. The van der Waals surface area contributed by atoms with Crippen LogP contribution in [-0.2, 0) is 4.79 Å². The Hall–Kier alpha value is -1.47. The van der Waals surface area contributed by atoms with Crippen molar-refractivity contribution in [2.45, 2.75) is 50.7 Å². The molecule has 1 aliphatic carbocycles. The first-order valence-electron chi connectivity index (χ1n) is 6.63. The summed E-state index contributed by atoms with van der Waals surface area (Å²) in [5.41, 5.74) is 0. The lowest BCUT2D eigenvalue weighted by molar-refractivity contribution is -0.141. The molecule has 3 N–H and O–H groups in total. The topological polar surface area (TPSA) is 78.4 Å². The summed E-state index contributed by atoms with van der Waals surface area (Å²) in [5, 5.41) is 13.4. The molecule has 1 unspecified atom stereocenters. The summed E-state index contributed by atoms with van der Waals surface area (Å²) in [6.45, 7) is -0.563. The molecule has 20 heavy (non-hydrogen) atoms. The number of hydrogen-bond donors (Lipinski definition) is 3. The summed E-state index contributed by atoms with van der Waals surface area (Å²) < 4.78 is 35.8. The van der Waals surface area contributed by atoms with Gasteiger partial charge in [0.15, 0.2) is 0 Å². The van der Waals surface area contributed by atoms with Gasteiger partial charge in [0.2, 0.25) is 0 Å². The molecule has 0 spiro atoms. The molecule has 0 aromatic heterocycles. The van der Waals surface area contributed by atoms with E-state index in [1.165, 1.54) is 0 Å². The summed E-state index contributed by atoms with van der Waals surface area (Å²) >= 11 is 0. The van der Waals surface area contributed by atoms with Crippen molar-refractivity contribution < 1.29 is 27.9 Å². The Balaban J connectivity index is 2.41. The van der Waals surface area contributed by atoms with Gasteiger partial charge in [-0.25, -0.2) is 9.59 Å². The number of rotatable bonds is 5. The van der Waals surface area contributed by atoms with Gasteiger partial charge in [0.05, 0.1) is 6.42 Å². The van der Waals surface area contributed by atoms with E-state index >= 15 is 0 Å². The van der Waals surface area contributed by atoms with E-state index < -0.39 is 37.2 Å². The fourth-order valence-electron chi connectivity index (χ4n) is 2.36. The van der Waals surface area contributed by atoms with Gasteiger partial charge in [0.1, 0.15) is 6.04 Å². The molecule has 0 bridgehead atoms. The summed E-state index contributed by atoms with van der Waals surface area (Å²) in [4.78, 5) is 22.6. The zero-order chi connectivity index (χ0) is 15.2. The Morgan fingerprint density at radius 2 is 1.80 bits per heavy atom. The molecular weight excluding hydrogens is 277 g/mol. The first kappa shape index (κ1) is 16.6. The number of urea groups is 1. The monoisotopic (exact) mass is 296 g/mol. The standard InChI is InChI=1S/C12H19F3N2O3/c13-12(14,15)6-7-16-11(20)17-9(10(18)19)8-4-2-1-3-5-8/h8-9H,1-7H2,(H,18,19)(H2,16,17,20). The number of alkyl halides is 3. The van der Waals surface area contributed by atoms with Crippen LogP contribution in [0.2, 0.25) is 0 Å². The van der Waals surface area contributed by atoms with E-state index in [2.05, 4.69) is 5.32 Å². The lowest BCUT2D eigenvalue weighted by Gasteiger charge is -2.28. The number of amides is 2. The van der Waals surface area contributed by atoms with Crippen LogP contribution in [0.15, 0.2) is 0 Å². The molecular formula is C12H19F3N2O3. The van der Waals surface area contributed by atoms with Gasteiger partial charge >= 0.3 is 18.2 Å². The normalized spacial score (nSPS) is 18.4. The predicted octanol–water partition coefficient (Wildman–Crippen LogP) is 2.27. The molecule has 5 nitrogen and oxygen atoms in total. The molecule has 0 saturated heterocycles. The Kier molecular flexibility index (Phi) is 6.09. The van der Waals surface area contributed by atoms with Gasteiger partial charge in [-0.15, -0.1) is 0 Å². The minimum absolute atomic E-state index is 0.158. The third-order valence-corrected chi connectivity index (χ3v) is 3.37. The Morgan fingerprint density at radius 3 is 2.30 bits per heavy atom. The molecule has 1 atom stereocenters. The van der Waals surface area contributed by atoms with E-state index in [0.717, 1.165) is 19.3 Å². The maximum absolute atomic E-state index is 11.9. The van der Waals surface area contributed by atoms with E-state index in [1.807, 2.05) is 5.32 Å². The maximum atomic E-state index is 11.9. The Morgan fingerprint density at radius 1 is 1.20 bits per heavy atom. The molecule has 0 aromatic rings.